The van der Waals surface area contributed by atoms with E-state index >= 15 is 0 Å². The second kappa shape index (κ2) is 21.2. The summed E-state index contributed by atoms with van der Waals surface area (Å²) in [6, 6.07) is 84.0. The van der Waals surface area contributed by atoms with Gasteiger partial charge in [-0.3, -0.25) is 0 Å². The fourth-order valence-electron chi connectivity index (χ4n) is 15.6. The molecule has 0 radical (unpaired) electrons. The van der Waals surface area contributed by atoms with Gasteiger partial charge in [0.25, 0.3) is 6.71 Å². The molecule has 16 aromatic rings. The van der Waals surface area contributed by atoms with Gasteiger partial charge in [0, 0.05) is 88.1 Å². The van der Waals surface area contributed by atoms with Crippen LogP contribution in [0, 0.1) is 0 Å². The van der Waals surface area contributed by atoms with Crippen LogP contribution in [0.15, 0.2) is 231 Å². The Morgan fingerprint density at radius 2 is 0.592 bits per heavy atom. The first-order valence-corrected chi connectivity index (χ1v) is 34.4. The monoisotopic (exact) mass is 1270 g/mol. The molecule has 2 aliphatic heterocycles. The number of rotatable bonds is 7. The molecule has 9 nitrogen and oxygen atoms in total. The first kappa shape index (κ1) is 59.4. The Morgan fingerprint density at radius 3 is 0.929 bits per heavy atom. The van der Waals surface area contributed by atoms with Gasteiger partial charge in [-0.15, -0.1) is 0 Å². The van der Waals surface area contributed by atoms with Crippen molar-refractivity contribution in [2.75, 3.05) is 0 Å². The van der Waals surface area contributed by atoms with Gasteiger partial charge in [0.15, 0.2) is 34.9 Å². The number of para-hydroxylation sites is 2. The van der Waals surface area contributed by atoms with E-state index in [-0.39, 0.29) is 28.4 Å². The van der Waals surface area contributed by atoms with Gasteiger partial charge in [0.05, 0.1) is 27.8 Å². The third kappa shape index (κ3) is 9.20. The van der Waals surface area contributed by atoms with Crippen molar-refractivity contribution < 1.29 is 0 Å². The molecule has 0 fully saturated rings. The molecule has 0 amide bonds. The summed E-state index contributed by atoms with van der Waals surface area (Å²) in [6.45, 7) is 28.1. The molecule has 0 N–H and O–H groups in total. The molecule has 5 aromatic heterocycles. The maximum atomic E-state index is 5.52. The Labute approximate surface area is 571 Å². The zero-order valence-corrected chi connectivity index (χ0v) is 57.5. The van der Waals surface area contributed by atoms with E-state index in [9.17, 15) is 0 Å². The quantitative estimate of drug-likeness (QED) is 0.148. The standard InChI is InChI=1S/C88H74BN9/c1-85(2,3)55-39-41-70-64(43-55)66-45-57(87(7,8)9)47-68-77(66)97(70)72-49-59(50-73-74(72)89(68)69-48-58(88(10,11)12)46-67-65-44-56(86(4,5)6)40-42-71(65)98(73)78(67)69)96-75-60(35-25-37-62(75)83-92-79(51-27-17-13-18-28-51)90-80(93-83)52-29-19-14-20-30-52)61-36-26-38-63(76(61)96)84-94-81(53-31-21-15-22-32-53)91-82(95-84)54-33-23-16-24-34-54/h13-50H,1-12H3. The van der Waals surface area contributed by atoms with Gasteiger partial charge in [0.1, 0.15) is 0 Å². The van der Waals surface area contributed by atoms with Gasteiger partial charge in [-0.1, -0.05) is 253 Å². The maximum Gasteiger partial charge on any atom is 0.252 e. The average Bonchev–Trinajstić information content (AvgIpc) is 1.44. The lowest BCUT2D eigenvalue weighted by atomic mass is 9.34. The summed E-state index contributed by atoms with van der Waals surface area (Å²) < 4.78 is 7.78. The van der Waals surface area contributed by atoms with Crippen LogP contribution in [0.1, 0.15) is 105 Å². The zero-order valence-electron chi connectivity index (χ0n) is 57.5. The molecule has 2 aliphatic rings. The van der Waals surface area contributed by atoms with Crippen LogP contribution in [0.25, 0.3) is 151 Å². The predicted octanol–water partition coefficient (Wildman–Crippen LogP) is 19.7. The minimum atomic E-state index is -0.153. The SMILES string of the molecule is CC(C)(C)c1ccc2c(c1)c1cc(C(C)(C)C)cc3c1n2-c1cc(-n2c4c(-c5nc(-c6ccccc6)nc(-c6ccccc6)n5)cccc4c4cccc(-c5nc(-c6ccccc6)nc(-c6ccccc6)n5)c42)cc2c1B3c1cc(C(C)(C)C)cc3c4cc(C(C)(C)C)ccc4n-2c13. The molecular formula is C88H74BN9. The van der Waals surface area contributed by atoms with Crippen LogP contribution in [0.4, 0.5) is 0 Å². The van der Waals surface area contributed by atoms with Crippen molar-refractivity contribution in [3.8, 4) is 85.4 Å². The second-order valence-corrected chi connectivity index (χ2v) is 31.2. The molecule has 7 heterocycles. The van der Waals surface area contributed by atoms with E-state index in [1.54, 1.807) is 0 Å². The first-order valence-electron chi connectivity index (χ1n) is 34.4. The topological polar surface area (TPSA) is 92.1 Å². The summed E-state index contributed by atoms with van der Waals surface area (Å²) in [6.07, 6.45) is 0. The smallest absolute Gasteiger partial charge is 0.252 e. The third-order valence-corrected chi connectivity index (χ3v) is 20.7. The summed E-state index contributed by atoms with van der Waals surface area (Å²) in [5.41, 5.74) is 23.9. The molecule has 0 bridgehead atoms. The van der Waals surface area contributed by atoms with E-state index in [4.69, 9.17) is 29.9 Å². The van der Waals surface area contributed by atoms with Crippen molar-refractivity contribution in [3.05, 3.63) is 253 Å². The Balaban J connectivity index is 1.04. The fraction of sp³-hybridized carbons (Fsp3) is 0.182. The lowest BCUT2D eigenvalue weighted by molar-refractivity contribution is 0.590. The molecular weight excluding hydrogens is 1190 g/mol. The van der Waals surface area contributed by atoms with E-state index < -0.39 is 0 Å². The van der Waals surface area contributed by atoms with E-state index in [0.717, 1.165) is 72.2 Å². The van der Waals surface area contributed by atoms with E-state index in [1.807, 2.05) is 72.8 Å². The number of aromatic nitrogens is 9. The number of nitrogens with zero attached hydrogens (tertiary/aromatic N) is 9. The van der Waals surface area contributed by atoms with Crippen molar-refractivity contribution in [2.24, 2.45) is 0 Å². The molecule has 11 aromatic carbocycles. The van der Waals surface area contributed by atoms with Gasteiger partial charge < -0.3 is 13.7 Å². The number of hydrogen-bond donors (Lipinski definition) is 0. The maximum absolute atomic E-state index is 5.52. The zero-order chi connectivity index (χ0) is 67.1. The van der Waals surface area contributed by atoms with Crippen molar-refractivity contribution in [2.45, 2.75) is 105 Å². The molecule has 0 atom stereocenters. The lowest BCUT2D eigenvalue weighted by Gasteiger charge is -2.36. The van der Waals surface area contributed by atoms with Crippen molar-refractivity contribution in [1.29, 1.82) is 0 Å². The molecule has 98 heavy (non-hydrogen) atoms. The van der Waals surface area contributed by atoms with E-state index in [1.165, 1.54) is 82.3 Å². The molecule has 10 heteroatoms. The Hall–Kier alpha value is -11.1. The van der Waals surface area contributed by atoms with Crippen molar-refractivity contribution in [1.82, 2.24) is 43.6 Å². The summed E-state index contributed by atoms with van der Waals surface area (Å²) in [4.78, 5) is 32.6. The summed E-state index contributed by atoms with van der Waals surface area (Å²) in [5.74, 6) is 3.46. The van der Waals surface area contributed by atoms with Crippen molar-refractivity contribution in [3.63, 3.8) is 0 Å². The van der Waals surface area contributed by atoms with Crippen LogP contribution in [0.3, 0.4) is 0 Å². The normalized spacial score (nSPS) is 13.1. The molecule has 474 valence electrons. The van der Waals surface area contributed by atoms with Gasteiger partial charge >= 0.3 is 0 Å². The Kier molecular flexibility index (Phi) is 12.9. The Bertz CT molecular complexity index is 5530. The lowest BCUT2D eigenvalue weighted by Crippen LogP contribution is -2.59. The van der Waals surface area contributed by atoms with E-state index in [2.05, 4.69) is 255 Å². The first-order chi connectivity index (χ1) is 47.1. The molecule has 0 saturated heterocycles. The van der Waals surface area contributed by atoms with Crippen molar-refractivity contribution >= 4 is 88.5 Å². The van der Waals surface area contributed by atoms with E-state index in [0.29, 0.717) is 34.9 Å². The highest BCUT2D eigenvalue weighted by molar-refractivity contribution is 7.00. The molecule has 18 rings (SSSR count). The highest BCUT2D eigenvalue weighted by Crippen LogP contribution is 2.47. The van der Waals surface area contributed by atoms with Gasteiger partial charge in [-0.05, 0) is 121 Å². The third-order valence-electron chi connectivity index (χ3n) is 20.7. The van der Waals surface area contributed by atoms with Crippen LogP contribution in [-0.2, 0) is 21.7 Å². The van der Waals surface area contributed by atoms with Crippen LogP contribution < -0.4 is 16.4 Å². The van der Waals surface area contributed by atoms with Crippen LogP contribution in [-0.4, -0.2) is 50.3 Å². The van der Waals surface area contributed by atoms with Crippen LogP contribution in [0.2, 0.25) is 0 Å². The molecule has 0 aliphatic carbocycles. The number of benzene rings is 11. The average molecular weight is 1270 g/mol. The van der Waals surface area contributed by atoms with Gasteiger partial charge in [-0.25, -0.2) is 29.9 Å². The minimum absolute atomic E-state index is 0.0934. The fourth-order valence-corrected chi connectivity index (χ4v) is 15.6. The highest BCUT2D eigenvalue weighted by Gasteiger charge is 2.43. The predicted molar refractivity (Wildman–Crippen MR) is 408 cm³/mol. The summed E-state index contributed by atoms with van der Waals surface area (Å²) in [7, 11) is 0. The minimum Gasteiger partial charge on any atom is -0.310 e. The number of fused-ring (bicyclic) bond motifs is 13. The summed E-state index contributed by atoms with van der Waals surface area (Å²) >= 11 is 0. The Morgan fingerprint density at radius 1 is 0.265 bits per heavy atom. The molecule has 0 saturated carbocycles. The highest BCUT2D eigenvalue weighted by atomic mass is 15.1. The molecule has 0 spiro atoms. The van der Waals surface area contributed by atoms with Crippen LogP contribution >= 0.6 is 0 Å². The number of hydrogen-bond acceptors (Lipinski definition) is 6. The molecule has 0 unspecified atom stereocenters. The largest absolute Gasteiger partial charge is 0.310 e. The summed E-state index contributed by atoms with van der Waals surface area (Å²) in [5, 5.41) is 7.10. The second-order valence-electron chi connectivity index (χ2n) is 31.2. The van der Waals surface area contributed by atoms with Gasteiger partial charge in [0.2, 0.25) is 0 Å². The van der Waals surface area contributed by atoms with Gasteiger partial charge in [-0.2, -0.15) is 0 Å². The van der Waals surface area contributed by atoms with Crippen LogP contribution in [0.5, 0.6) is 0 Å².